The standard InChI is InChI=1S/C29H35N3O3/c1-19-10-11-23(35-29-22(18-33)7-6-12-32-29)15-20(2)26(19)16-28(34)25-9-5-4-8-24(25)27-17-30-13-14-31-21(27)3/h4-9,12-14,18-21,23,26-27H,10-11,15-17H2,1-3H3. The lowest BCUT2D eigenvalue weighted by Crippen LogP contribution is -2.25. The molecule has 0 amide bonds. The van der Waals surface area contributed by atoms with Crippen LogP contribution in [0.15, 0.2) is 52.6 Å². The normalized spacial score (nSPS) is 28.7. The molecule has 4 rings (SSSR count). The summed E-state index contributed by atoms with van der Waals surface area (Å²) in [4.78, 5) is 38.3. The van der Waals surface area contributed by atoms with Crippen LogP contribution in [0.25, 0.3) is 0 Å². The molecule has 0 spiro atoms. The Morgan fingerprint density at radius 3 is 2.71 bits per heavy atom. The summed E-state index contributed by atoms with van der Waals surface area (Å²) < 4.78 is 6.18. The summed E-state index contributed by atoms with van der Waals surface area (Å²) in [6.45, 7) is 7.19. The highest BCUT2D eigenvalue weighted by Gasteiger charge is 2.34. The average Bonchev–Trinajstić information content (AvgIpc) is 3.16. The number of aromatic nitrogens is 1. The SMILES string of the molecule is CC1CCC(Oc2ncccc2C=O)CC(C)C1CC(=O)c1ccccc1C1CN=CC=NC1C. The Morgan fingerprint density at radius 2 is 1.89 bits per heavy atom. The lowest BCUT2D eigenvalue weighted by molar-refractivity contribution is 0.0908. The van der Waals surface area contributed by atoms with Gasteiger partial charge in [-0.05, 0) is 61.6 Å². The summed E-state index contributed by atoms with van der Waals surface area (Å²) in [5, 5.41) is 0. The predicted octanol–water partition coefficient (Wildman–Crippen LogP) is 5.61. The molecule has 2 aromatic rings. The maximum Gasteiger partial charge on any atom is 0.224 e. The first-order chi connectivity index (χ1) is 17.0. The van der Waals surface area contributed by atoms with Gasteiger partial charge in [-0.2, -0.15) is 0 Å². The molecule has 184 valence electrons. The van der Waals surface area contributed by atoms with Crippen molar-refractivity contribution >= 4 is 24.5 Å². The number of aldehydes is 1. The van der Waals surface area contributed by atoms with Gasteiger partial charge in [0.1, 0.15) is 6.10 Å². The number of aliphatic imine (C=N–C) groups is 2. The molecule has 1 fully saturated rings. The molecule has 6 nitrogen and oxygen atoms in total. The molecular formula is C29H35N3O3. The van der Waals surface area contributed by atoms with Crippen LogP contribution in [0.1, 0.15) is 78.7 Å². The molecule has 1 aliphatic carbocycles. The quantitative estimate of drug-likeness (QED) is 0.297. The van der Waals surface area contributed by atoms with Gasteiger partial charge in [0.15, 0.2) is 12.1 Å². The lowest BCUT2D eigenvalue weighted by Gasteiger charge is -2.28. The van der Waals surface area contributed by atoms with Crippen LogP contribution in [0, 0.1) is 17.8 Å². The minimum absolute atomic E-state index is 0.0176. The van der Waals surface area contributed by atoms with E-state index in [0.29, 0.717) is 36.2 Å². The van der Waals surface area contributed by atoms with Crippen LogP contribution in [0.4, 0.5) is 0 Å². The van der Waals surface area contributed by atoms with E-state index < -0.39 is 0 Å². The van der Waals surface area contributed by atoms with Crippen LogP contribution in [0.2, 0.25) is 0 Å². The third kappa shape index (κ3) is 5.92. The Labute approximate surface area is 207 Å². The maximum atomic E-state index is 13.7. The number of pyridine rings is 1. The molecule has 1 aliphatic heterocycles. The molecule has 1 saturated carbocycles. The second-order valence-electron chi connectivity index (χ2n) is 10.1. The van der Waals surface area contributed by atoms with Gasteiger partial charge < -0.3 is 4.74 Å². The molecule has 35 heavy (non-hydrogen) atoms. The monoisotopic (exact) mass is 473 g/mol. The number of carbonyl (C=O) groups excluding carboxylic acids is 2. The number of hydrogen-bond acceptors (Lipinski definition) is 6. The zero-order valence-electron chi connectivity index (χ0n) is 20.8. The smallest absolute Gasteiger partial charge is 0.224 e. The van der Waals surface area contributed by atoms with Crippen molar-refractivity contribution < 1.29 is 14.3 Å². The van der Waals surface area contributed by atoms with Crippen LogP contribution in [0.3, 0.4) is 0 Å². The number of ketones is 1. The largest absolute Gasteiger partial charge is 0.474 e. The van der Waals surface area contributed by atoms with Gasteiger partial charge in [0, 0.05) is 43.1 Å². The van der Waals surface area contributed by atoms with Crippen LogP contribution in [0.5, 0.6) is 5.88 Å². The third-order valence-electron chi connectivity index (χ3n) is 7.71. The van der Waals surface area contributed by atoms with Crippen molar-refractivity contribution in [1.82, 2.24) is 4.98 Å². The van der Waals surface area contributed by atoms with Gasteiger partial charge in [0.2, 0.25) is 5.88 Å². The first kappa shape index (κ1) is 25.0. The Hall–Kier alpha value is -3.15. The van der Waals surface area contributed by atoms with Gasteiger partial charge in [0.05, 0.1) is 11.6 Å². The summed E-state index contributed by atoms with van der Waals surface area (Å²) in [6.07, 6.45) is 9.13. The molecule has 1 aromatic carbocycles. The molecule has 0 radical (unpaired) electrons. The van der Waals surface area contributed by atoms with Crippen molar-refractivity contribution in [2.24, 2.45) is 27.7 Å². The fourth-order valence-electron chi connectivity index (χ4n) is 5.60. The number of Topliss-reactive ketones (excluding diaryl/α,β-unsaturated/α-hetero) is 1. The number of ether oxygens (including phenoxy) is 1. The van der Waals surface area contributed by atoms with E-state index in [0.717, 1.165) is 36.7 Å². The van der Waals surface area contributed by atoms with Gasteiger partial charge in [-0.25, -0.2) is 4.98 Å². The summed E-state index contributed by atoms with van der Waals surface area (Å²) in [7, 11) is 0. The second kappa shape index (κ2) is 11.5. The molecule has 6 unspecified atom stereocenters. The van der Waals surface area contributed by atoms with E-state index in [1.807, 2.05) is 18.2 Å². The first-order valence-corrected chi connectivity index (χ1v) is 12.7. The predicted molar refractivity (Wildman–Crippen MR) is 139 cm³/mol. The van der Waals surface area contributed by atoms with E-state index in [4.69, 9.17) is 4.74 Å². The number of benzene rings is 1. The molecule has 1 aromatic heterocycles. The molecule has 2 heterocycles. The average molecular weight is 474 g/mol. The topological polar surface area (TPSA) is 81.0 Å². The highest BCUT2D eigenvalue weighted by atomic mass is 16.5. The Kier molecular flexibility index (Phi) is 8.21. The van der Waals surface area contributed by atoms with Crippen molar-refractivity contribution in [3.63, 3.8) is 0 Å². The fraction of sp³-hybridized carbons (Fsp3) is 0.483. The van der Waals surface area contributed by atoms with Crippen LogP contribution in [-0.2, 0) is 0 Å². The molecule has 6 atom stereocenters. The van der Waals surface area contributed by atoms with E-state index in [-0.39, 0.29) is 29.8 Å². The van der Waals surface area contributed by atoms with Crippen molar-refractivity contribution in [2.45, 2.75) is 64.5 Å². The summed E-state index contributed by atoms with van der Waals surface area (Å²) in [6, 6.07) is 11.5. The molecule has 0 N–H and O–H groups in total. The zero-order chi connectivity index (χ0) is 24.8. The lowest BCUT2D eigenvalue weighted by atomic mass is 9.77. The maximum absolute atomic E-state index is 13.7. The van der Waals surface area contributed by atoms with Crippen molar-refractivity contribution in [3.05, 3.63) is 59.3 Å². The van der Waals surface area contributed by atoms with Crippen molar-refractivity contribution in [1.29, 1.82) is 0 Å². The highest BCUT2D eigenvalue weighted by molar-refractivity contribution is 6.16. The van der Waals surface area contributed by atoms with Crippen LogP contribution in [-0.4, -0.2) is 48.2 Å². The number of hydrogen-bond donors (Lipinski definition) is 0. The minimum atomic E-state index is -0.0176. The molecule has 0 bridgehead atoms. The van der Waals surface area contributed by atoms with Crippen LogP contribution < -0.4 is 4.74 Å². The van der Waals surface area contributed by atoms with E-state index in [2.05, 4.69) is 41.8 Å². The Morgan fingerprint density at radius 1 is 1.06 bits per heavy atom. The van der Waals surface area contributed by atoms with E-state index in [1.54, 1.807) is 30.8 Å². The van der Waals surface area contributed by atoms with E-state index in [1.165, 1.54) is 0 Å². The first-order valence-electron chi connectivity index (χ1n) is 12.7. The van der Waals surface area contributed by atoms with E-state index in [9.17, 15) is 9.59 Å². The van der Waals surface area contributed by atoms with Crippen molar-refractivity contribution in [3.8, 4) is 5.88 Å². The molecule has 2 aliphatic rings. The molecular weight excluding hydrogens is 438 g/mol. The summed E-state index contributed by atoms with van der Waals surface area (Å²) in [5.74, 6) is 1.66. The van der Waals surface area contributed by atoms with Gasteiger partial charge in [-0.1, -0.05) is 38.1 Å². The van der Waals surface area contributed by atoms with Crippen LogP contribution >= 0.6 is 0 Å². The highest BCUT2D eigenvalue weighted by Crippen LogP contribution is 2.38. The third-order valence-corrected chi connectivity index (χ3v) is 7.71. The van der Waals surface area contributed by atoms with Gasteiger partial charge >= 0.3 is 0 Å². The second-order valence-corrected chi connectivity index (χ2v) is 10.1. The van der Waals surface area contributed by atoms with Gasteiger partial charge in [-0.3, -0.25) is 19.6 Å². The van der Waals surface area contributed by atoms with Gasteiger partial charge in [0.25, 0.3) is 0 Å². The summed E-state index contributed by atoms with van der Waals surface area (Å²) >= 11 is 0. The van der Waals surface area contributed by atoms with Gasteiger partial charge in [-0.15, -0.1) is 0 Å². The van der Waals surface area contributed by atoms with E-state index >= 15 is 0 Å². The van der Waals surface area contributed by atoms with Crippen molar-refractivity contribution in [2.75, 3.05) is 6.54 Å². The summed E-state index contributed by atoms with van der Waals surface area (Å²) in [5.41, 5.74) is 2.33. The minimum Gasteiger partial charge on any atom is -0.474 e. The molecule has 6 heteroatoms. The number of nitrogens with zero attached hydrogens (tertiary/aromatic N) is 3. The fourth-order valence-corrected chi connectivity index (χ4v) is 5.60. The number of carbonyl (C=O) groups is 2. The number of rotatable bonds is 7. The molecule has 0 saturated heterocycles. The Balaban J connectivity index is 1.48. The zero-order valence-corrected chi connectivity index (χ0v) is 20.8. The Bertz CT molecular complexity index is 1100.